The number of rotatable bonds is 6. The SMILES string of the molecule is c1ccc(-c2ccccc2-c2ccc3ccc4c(-c5ccccc5-c5ccccc5)cc(-c5ccccc5-c5cccc6ccccc56)c5ccc2c3c45)cc1. The molecule has 11 aromatic rings. The second kappa shape index (κ2) is 13.2. The molecule has 56 heavy (non-hydrogen) atoms. The highest BCUT2D eigenvalue weighted by Gasteiger charge is 2.22. The largest absolute Gasteiger partial charge is 0.0622 e. The third kappa shape index (κ3) is 5.15. The molecule has 0 atom stereocenters. The molecule has 11 rings (SSSR count). The molecule has 0 aliphatic carbocycles. The van der Waals surface area contributed by atoms with E-state index in [1.165, 1.54) is 110 Å². The lowest BCUT2D eigenvalue weighted by Crippen LogP contribution is -1.95. The van der Waals surface area contributed by atoms with Gasteiger partial charge in [-0.05, 0) is 116 Å². The average molecular weight is 709 g/mol. The lowest BCUT2D eigenvalue weighted by atomic mass is 9.81. The fraction of sp³-hybridized carbons (Fsp3) is 0. The fourth-order valence-corrected chi connectivity index (χ4v) is 9.17. The molecule has 0 heterocycles. The first-order valence-corrected chi connectivity index (χ1v) is 19.4. The summed E-state index contributed by atoms with van der Waals surface area (Å²) in [7, 11) is 0. The van der Waals surface area contributed by atoms with Gasteiger partial charge < -0.3 is 0 Å². The Balaban J connectivity index is 1.26. The number of hydrogen-bond acceptors (Lipinski definition) is 0. The second-order valence-electron chi connectivity index (χ2n) is 14.7. The summed E-state index contributed by atoms with van der Waals surface area (Å²) in [5, 5.41) is 10.2. The van der Waals surface area contributed by atoms with Crippen LogP contribution in [0.3, 0.4) is 0 Å². The zero-order valence-electron chi connectivity index (χ0n) is 30.8. The van der Waals surface area contributed by atoms with Gasteiger partial charge in [-0.25, -0.2) is 0 Å². The first-order chi connectivity index (χ1) is 27.8. The van der Waals surface area contributed by atoms with Crippen molar-refractivity contribution in [1.29, 1.82) is 0 Å². The first kappa shape index (κ1) is 32.2. The topological polar surface area (TPSA) is 0 Å². The van der Waals surface area contributed by atoms with E-state index in [1.54, 1.807) is 0 Å². The molecule has 0 bridgehead atoms. The van der Waals surface area contributed by atoms with Crippen molar-refractivity contribution in [3.8, 4) is 66.8 Å². The van der Waals surface area contributed by atoms with Crippen LogP contribution in [0.25, 0.3) is 110 Å². The van der Waals surface area contributed by atoms with Crippen LogP contribution < -0.4 is 0 Å². The van der Waals surface area contributed by atoms with Crippen LogP contribution in [0.15, 0.2) is 218 Å². The van der Waals surface area contributed by atoms with Crippen molar-refractivity contribution in [1.82, 2.24) is 0 Å². The molecule has 0 saturated heterocycles. The van der Waals surface area contributed by atoms with Gasteiger partial charge in [0.15, 0.2) is 0 Å². The molecule has 0 amide bonds. The molecule has 0 nitrogen and oxygen atoms in total. The van der Waals surface area contributed by atoms with E-state index in [0.29, 0.717) is 0 Å². The van der Waals surface area contributed by atoms with Gasteiger partial charge in [-0.15, -0.1) is 0 Å². The number of benzene rings is 11. The van der Waals surface area contributed by atoms with Crippen molar-refractivity contribution in [2.75, 3.05) is 0 Å². The maximum atomic E-state index is 2.47. The van der Waals surface area contributed by atoms with Crippen LogP contribution in [0, 0.1) is 0 Å². The average Bonchev–Trinajstić information content (AvgIpc) is 3.28. The van der Waals surface area contributed by atoms with E-state index >= 15 is 0 Å². The Bertz CT molecular complexity index is 3220. The van der Waals surface area contributed by atoms with Gasteiger partial charge in [0.25, 0.3) is 0 Å². The lowest BCUT2D eigenvalue weighted by Gasteiger charge is -2.22. The summed E-state index contributed by atoms with van der Waals surface area (Å²) >= 11 is 0. The van der Waals surface area contributed by atoms with Gasteiger partial charge in [-0.2, -0.15) is 0 Å². The first-order valence-electron chi connectivity index (χ1n) is 19.4. The molecule has 0 radical (unpaired) electrons. The molecule has 0 N–H and O–H groups in total. The minimum absolute atomic E-state index is 1.21. The molecular formula is C56H36. The second-order valence-corrected chi connectivity index (χ2v) is 14.7. The van der Waals surface area contributed by atoms with Crippen LogP contribution in [0.4, 0.5) is 0 Å². The molecular weight excluding hydrogens is 673 g/mol. The van der Waals surface area contributed by atoms with Gasteiger partial charge in [0.1, 0.15) is 0 Å². The van der Waals surface area contributed by atoms with Crippen molar-refractivity contribution in [3.05, 3.63) is 218 Å². The Kier molecular flexibility index (Phi) is 7.60. The molecule has 0 spiro atoms. The maximum absolute atomic E-state index is 2.47. The van der Waals surface area contributed by atoms with Gasteiger partial charge in [0.05, 0.1) is 0 Å². The van der Waals surface area contributed by atoms with Gasteiger partial charge in [0, 0.05) is 0 Å². The predicted molar refractivity (Wildman–Crippen MR) is 240 cm³/mol. The zero-order valence-corrected chi connectivity index (χ0v) is 30.8. The van der Waals surface area contributed by atoms with Gasteiger partial charge in [-0.1, -0.05) is 212 Å². The standard InChI is InChI=1S/C56H36/c1-3-16-37(17-4-1)41-23-9-11-25-44(41)49-32-30-40-31-33-51-53(46-26-12-10-24-43(46)38-18-5-2-6-19-38)36-54(52-35-34-50(49)55(40)56(51)52)48-28-14-13-27-47(48)45-29-15-21-39-20-7-8-22-42(39)45/h1-36H. The van der Waals surface area contributed by atoms with Crippen molar-refractivity contribution in [3.63, 3.8) is 0 Å². The van der Waals surface area contributed by atoms with Crippen molar-refractivity contribution < 1.29 is 0 Å². The normalized spacial score (nSPS) is 11.6. The lowest BCUT2D eigenvalue weighted by molar-refractivity contribution is 1.59. The number of hydrogen-bond donors (Lipinski definition) is 0. The zero-order chi connectivity index (χ0) is 37.0. The van der Waals surface area contributed by atoms with Crippen LogP contribution in [-0.4, -0.2) is 0 Å². The molecule has 0 heteroatoms. The van der Waals surface area contributed by atoms with Gasteiger partial charge in [-0.3, -0.25) is 0 Å². The van der Waals surface area contributed by atoms with Crippen molar-refractivity contribution in [2.45, 2.75) is 0 Å². The quantitative estimate of drug-likeness (QED) is 0.151. The highest BCUT2D eigenvalue weighted by Crippen LogP contribution is 2.49. The highest BCUT2D eigenvalue weighted by atomic mass is 14.2. The summed E-state index contributed by atoms with van der Waals surface area (Å²) in [6.07, 6.45) is 0. The Labute approximate surface area is 326 Å². The smallest absolute Gasteiger partial charge is 0.00141 e. The summed E-state index contributed by atoms with van der Waals surface area (Å²) in [5.41, 5.74) is 14.8. The van der Waals surface area contributed by atoms with E-state index in [2.05, 4.69) is 218 Å². The molecule has 0 aliphatic rings. The van der Waals surface area contributed by atoms with E-state index in [9.17, 15) is 0 Å². The van der Waals surface area contributed by atoms with Crippen LogP contribution in [0.2, 0.25) is 0 Å². The van der Waals surface area contributed by atoms with E-state index in [0.717, 1.165) is 0 Å². The molecule has 11 aromatic carbocycles. The maximum Gasteiger partial charge on any atom is -0.00141 e. The van der Waals surface area contributed by atoms with E-state index in [-0.39, 0.29) is 0 Å². The third-order valence-electron chi connectivity index (χ3n) is 11.7. The summed E-state index contributed by atoms with van der Waals surface area (Å²) < 4.78 is 0. The third-order valence-corrected chi connectivity index (χ3v) is 11.7. The monoisotopic (exact) mass is 708 g/mol. The Morgan fingerprint density at radius 1 is 0.179 bits per heavy atom. The number of fused-ring (bicyclic) bond motifs is 1. The van der Waals surface area contributed by atoms with E-state index in [1.807, 2.05) is 0 Å². The Morgan fingerprint density at radius 2 is 0.571 bits per heavy atom. The van der Waals surface area contributed by atoms with Crippen molar-refractivity contribution >= 4 is 43.1 Å². The minimum Gasteiger partial charge on any atom is -0.0622 e. The molecule has 0 unspecified atom stereocenters. The Hall–Kier alpha value is -7.28. The predicted octanol–water partition coefficient (Wildman–Crippen LogP) is 15.7. The summed E-state index contributed by atoms with van der Waals surface area (Å²) in [4.78, 5) is 0. The van der Waals surface area contributed by atoms with E-state index < -0.39 is 0 Å². The van der Waals surface area contributed by atoms with Gasteiger partial charge in [0.2, 0.25) is 0 Å². The minimum atomic E-state index is 1.21. The van der Waals surface area contributed by atoms with Crippen LogP contribution in [0.5, 0.6) is 0 Å². The Morgan fingerprint density at radius 3 is 1.20 bits per heavy atom. The molecule has 260 valence electrons. The molecule has 0 saturated carbocycles. The summed E-state index contributed by atoms with van der Waals surface area (Å²) in [5.74, 6) is 0. The summed E-state index contributed by atoms with van der Waals surface area (Å²) in [6, 6.07) is 80.3. The van der Waals surface area contributed by atoms with E-state index in [4.69, 9.17) is 0 Å². The van der Waals surface area contributed by atoms with Crippen molar-refractivity contribution in [2.24, 2.45) is 0 Å². The molecule has 0 aliphatic heterocycles. The van der Waals surface area contributed by atoms with Gasteiger partial charge >= 0.3 is 0 Å². The van der Waals surface area contributed by atoms with Crippen LogP contribution in [0.1, 0.15) is 0 Å². The van der Waals surface area contributed by atoms with Crippen LogP contribution in [-0.2, 0) is 0 Å². The van der Waals surface area contributed by atoms with Crippen LogP contribution >= 0.6 is 0 Å². The highest BCUT2D eigenvalue weighted by molar-refractivity contribution is 6.30. The summed E-state index contributed by atoms with van der Waals surface area (Å²) in [6.45, 7) is 0. The fourth-order valence-electron chi connectivity index (χ4n) is 9.17. The molecule has 0 aromatic heterocycles. The molecule has 0 fully saturated rings.